The Bertz CT molecular complexity index is 622. The van der Waals surface area contributed by atoms with Crippen LogP contribution in [0.1, 0.15) is 11.3 Å². The number of pyridine rings is 1. The molecule has 0 aliphatic rings. The molecule has 96 valence electrons. The minimum atomic E-state index is -0.521. The molecule has 4 nitrogen and oxygen atoms in total. The fourth-order valence-corrected chi connectivity index (χ4v) is 1.58. The van der Waals surface area contributed by atoms with Crippen molar-refractivity contribution >= 4 is 5.69 Å². The van der Waals surface area contributed by atoms with Crippen LogP contribution in [-0.4, -0.2) is 12.1 Å². The Morgan fingerprint density at radius 2 is 2.21 bits per heavy atom. The number of hydrogen-bond acceptors (Lipinski definition) is 4. The zero-order valence-electron chi connectivity index (χ0n) is 10.4. The number of ether oxygens (including phenoxy) is 1. The summed E-state index contributed by atoms with van der Waals surface area (Å²) in [6.07, 6.45) is 0. The highest BCUT2D eigenvalue weighted by Crippen LogP contribution is 2.15. The van der Waals surface area contributed by atoms with E-state index in [1.807, 2.05) is 12.1 Å². The summed E-state index contributed by atoms with van der Waals surface area (Å²) < 4.78 is 18.2. The SMILES string of the molecule is COc1cccc(CNc2ccc(F)c(C#N)c2)n1. The number of aromatic nitrogens is 1. The van der Waals surface area contributed by atoms with E-state index in [1.54, 1.807) is 25.3 Å². The van der Waals surface area contributed by atoms with E-state index < -0.39 is 5.82 Å². The van der Waals surface area contributed by atoms with Crippen LogP contribution in [0.15, 0.2) is 36.4 Å². The molecular formula is C14H12FN3O. The van der Waals surface area contributed by atoms with Crippen LogP contribution in [0.25, 0.3) is 0 Å². The van der Waals surface area contributed by atoms with E-state index in [-0.39, 0.29) is 5.56 Å². The van der Waals surface area contributed by atoms with Gasteiger partial charge in [0.15, 0.2) is 0 Å². The van der Waals surface area contributed by atoms with Crippen LogP contribution >= 0.6 is 0 Å². The van der Waals surface area contributed by atoms with E-state index in [0.29, 0.717) is 18.1 Å². The van der Waals surface area contributed by atoms with Gasteiger partial charge in [0, 0.05) is 11.8 Å². The Labute approximate surface area is 110 Å². The fraction of sp³-hybridized carbons (Fsp3) is 0.143. The van der Waals surface area contributed by atoms with Gasteiger partial charge in [-0.05, 0) is 24.3 Å². The van der Waals surface area contributed by atoms with E-state index in [1.165, 1.54) is 12.1 Å². The Morgan fingerprint density at radius 1 is 1.37 bits per heavy atom. The van der Waals surface area contributed by atoms with Crippen molar-refractivity contribution in [3.05, 3.63) is 53.5 Å². The molecule has 0 unspecified atom stereocenters. The van der Waals surface area contributed by atoms with Crippen LogP contribution in [0, 0.1) is 17.1 Å². The lowest BCUT2D eigenvalue weighted by Gasteiger charge is -2.07. The Hall–Kier alpha value is -2.61. The molecule has 1 heterocycles. The lowest BCUT2D eigenvalue weighted by molar-refractivity contribution is 0.396. The molecule has 0 saturated heterocycles. The molecule has 0 aliphatic heterocycles. The molecular weight excluding hydrogens is 245 g/mol. The number of hydrogen-bond donors (Lipinski definition) is 1. The van der Waals surface area contributed by atoms with Gasteiger partial charge in [-0.15, -0.1) is 0 Å². The Balaban J connectivity index is 2.08. The van der Waals surface area contributed by atoms with Crippen molar-refractivity contribution in [3.8, 4) is 11.9 Å². The molecule has 2 rings (SSSR count). The second-order valence-corrected chi connectivity index (χ2v) is 3.83. The maximum absolute atomic E-state index is 13.2. The molecule has 1 N–H and O–H groups in total. The number of nitriles is 1. The molecule has 0 saturated carbocycles. The maximum Gasteiger partial charge on any atom is 0.213 e. The average Bonchev–Trinajstić information content (AvgIpc) is 2.46. The fourth-order valence-electron chi connectivity index (χ4n) is 1.58. The summed E-state index contributed by atoms with van der Waals surface area (Å²) in [6, 6.07) is 11.6. The van der Waals surface area contributed by atoms with Crippen molar-refractivity contribution < 1.29 is 9.13 Å². The third-order valence-corrected chi connectivity index (χ3v) is 2.55. The Morgan fingerprint density at radius 3 is 2.95 bits per heavy atom. The largest absolute Gasteiger partial charge is 0.481 e. The van der Waals surface area contributed by atoms with Crippen molar-refractivity contribution in [2.24, 2.45) is 0 Å². The molecule has 0 fully saturated rings. The van der Waals surface area contributed by atoms with Gasteiger partial charge in [0.1, 0.15) is 11.9 Å². The van der Waals surface area contributed by atoms with Gasteiger partial charge < -0.3 is 10.1 Å². The predicted octanol–water partition coefficient (Wildman–Crippen LogP) is 2.71. The normalized spacial score (nSPS) is 9.74. The number of nitrogens with zero attached hydrogens (tertiary/aromatic N) is 2. The minimum absolute atomic E-state index is 0.0172. The van der Waals surface area contributed by atoms with Crippen LogP contribution < -0.4 is 10.1 Å². The molecule has 2 aromatic rings. The second-order valence-electron chi connectivity index (χ2n) is 3.83. The molecule has 0 amide bonds. The van der Waals surface area contributed by atoms with Crippen LogP contribution in [0.4, 0.5) is 10.1 Å². The Kier molecular flexibility index (Phi) is 3.94. The number of methoxy groups -OCH3 is 1. The molecule has 1 aromatic heterocycles. The summed E-state index contributed by atoms with van der Waals surface area (Å²) in [5.41, 5.74) is 1.48. The monoisotopic (exact) mass is 257 g/mol. The van der Waals surface area contributed by atoms with E-state index >= 15 is 0 Å². The summed E-state index contributed by atoms with van der Waals surface area (Å²) in [5.74, 6) is 0.0173. The highest BCUT2D eigenvalue weighted by molar-refractivity contribution is 5.49. The molecule has 0 spiro atoms. The topological polar surface area (TPSA) is 57.9 Å². The summed E-state index contributed by atoms with van der Waals surface area (Å²) in [4.78, 5) is 4.24. The average molecular weight is 257 g/mol. The standard InChI is InChI=1S/C14H12FN3O/c1-19-14-4-2-3-12(18-14)9-17-11-5-6-13(15)10(7-11)8-16/h2-7,17H,9H2,1H3. The number of rotatable bonds is 4. The van der Waals surface area contributed by atoms with Gasteiger partial charge in [0.05, 0.1) is 24.9 Å². The first-order valence-electron chi connectivity index (χ1n) is 5.66. The van der Waals surface area contributed by atoms with Gasteiger partial charge in [0.2, 0.25) is 5.88 Å². The molecule has 5 heteroatoms. The van der Waals surface area contributed by atoms with Crippen LogP contribution in [0.2, 0.25) is 0 Å². The predicted molar refractivity (Wildman–Crippen MR) is 69.2 cm³/mol. The molecule has 1 aromatic carbocycles. The van der Waals surface area contributed by atoms with Crippen molar-refractivity contribution in [2.45, 2.75) is 6.54 Å². The van der Waals surface area contributed by atoms with E-state index in [2.05, 4.69) is 10.3 Å². The first-order valence-corrected chi connectivity index (χ1v) is 5.66. The maximum atomic E-state index is 13.2. The van der Waals surface area contributed by atoms with E-state index in [9.17, 15) is 4.39 Å². The third-order valence-electron chi connectivity index (χ3n) is 2.55. The molecule has 0 bridgehead atoms. The third kappa shape index (κ3) is 3.19. The van der Waals surface area contributed by atoms with E-state index in [4.69, 9.17) is 10.00 Å². The zero-order valence-corrected chi connectivity index (χ0v) is 10.4. The quantitative estimate of drug-likeness (QED) is 0.914. The van der Waals surface area contributed by atoms with Gasteiger partial charge in [-0.1, -0.05) is 6.07 Å². The highest BCUT2D eigenvalue weighted by atomic mass is 19.1. The number of halogens is 1. The van der Waals surface area contributed by atoms with Crippen molar-refractivity contribution in [3.63, 3.8) is 0 Å². The van der Waals surface area contributed by atoms with Gasteiger partial charge in [0.25, 0.3) is 0 Å². The summed E-state index contributed by atoms with van der Waals surface area (Å²) in [5, 5.41) is 11.8. The van der Waals surface area contributed by atoms with Crippen molar-refractivity contribution in [2.75, 3.05) is 12.4 Å². The first kappa shape index (κ1) is 12.8. The van der Waals surface area contributed by atoms with Gasteiger partial charge in [-0.25, -0.2) is 9.37 Å². The first-order chi connectivity index (χ1) is 9.22. The summed E-state index contributed by atoms with van der Waals surface area (Å²) >= 11 is 0. The lowest BCUT2D eigenvalue weighted by atomic mass is 10.2. The molecule has 19 heavy (non-hydrogen) atoms. The van der Waals surface area contributed by atoms with E-state index in [0.717, 1.165) is 5.69 Å². The summed E-state index contributed by atoms with van der Waals surface area (Å²) in [7, 11) is 1.55. The molecule has 0 atom stereocenters. The van der Waals surface area contributed by atoms with Crippen LogP contribution in [0.3, 0.4) is 0 Å². The number of nitrogens with one attached hydrogen (secondary N) is 1. The van der Waals surface area contributed by atoms with Gasteiger partial charge >= 0.3 is 0 Å². The lowest BCUT2D eigenvalue weighted by Crippen LogP contribution is -2.03. The summed E-state index contributed by atoms with van der Waals surface area (Å²) in [6.45, 7) is 0.466. The number of anilines is 1. The van der Waals surface area contributed by atoms with Gasteiger partial charge in [-0.3, -0.25) is 0 Å². The van der Waals surface area contributed by atoms with Crippen molar-refractivity contribution in [1.82, 2.24) is 4.98 Å². The van der Waals surface area contributed by atoms with Crippen LogP contribution in [-0.2, 0) is 6.54 Å². The zero-order chi connectivity index (χ0) is 13.7. The van der Waals surface area contributed by atoms with Crippen LogP contribution in [0.5, 0.6) is 5.88 Å². The molecule has 0 aliphatic carbocycles. The van der Waals surface area contributed by atoms with Gasteiger partial charge in [-0.2, -0.15) is 5.26 Å². The second kappa shape index (κ2) is 5.83. The highest BCUT2D eigenvalue weighted by Gasteiger charge is 2.03. The molecule has 0 radical (unpaired) electrons. The smallest absolute Gasteiger partial charge is 0.213 e. The van der Waals surface area contributed by atoms with Crippen molar-refractivity contribution in [1.29, 1.82) is 5.26 Å². The number of benzene rings is 1. The minimum Gasteiger partial charge on any atom is -0.481 e.